The van der Waals surface area contributed by atoms with E-state index in [-0.39, 0.29) is 11.5 Å². The van der Waals surface area contributed by atoms with Gasteiger partial charge in [-0.2, -0.15) is 5.10 Å². The van der Waals surface area contributed by atoms with Crippen LogP contribution in [0.1, 0.15) is 24.2 Å². The van der Waals surface area contributed by atoms with Gasteiger partial charge >= 0.3 is 0 Å². The summed E-state index contributed by atoms with van der Waals surface area (Å²) in [5.41, 5.74) is 1.28. The van der Waals surface area contributed by atoms with Gasteiger partial charge < -0.3 is 9.64 Å². The molecule has 6 nitrogen and oxygen atoms in total. The first-order chi connectivity index (χ1) is 10.1. The maximum absolute atomic E-state index is 12.5. The molecule has 110 valence electrons. The molecule has 0 bridgehead atoms. The van der Waals surface area contributed by atoms with Crippen molar-refractivity contribution in [2.45, 2.75) is 19.4 Å². The summed E-state index contributed by atoms with van der Waals surface area (Å²) in [6.07, 6.45) is 3.11. The number of benzene rings is 1. The molecule has 1 amide bonds. The summed E-state index contributed by atoms with van der Waals surface area (Å²) in [5.74, 6) is 0.0384. The summed E-state index contributed by atoms with van der Waals surface area (Å²) in [4.78, 5) is 18.3. The number of hydrogen-bond donors (Lipinski definition) is 0. The highest BCUT2D eigenvalue weighted by Gasteiger charge is 2.30. The Balaban J connectivity index is 1.76. The molecule has 1 aliphatic heterocycles. The van der Waals surface area contributed by atoms with E-state index in [0.29, 0.717) is 25.3 Å². The quantitative estimate of drug-likeness (QED) is 0.840. The monoisotopic (exact) mass is 286 g/mol. The minimum atomic E-state index is -0.283. The molecule has 0 aliphatic carbocycles. The zero-order valence-electron chi connectivity index (χ0n) is 12.2. The molecular weight excluding hydrogens is 268 g/mol. The molecule has 2 aromatic rings. The number of nitrogens with zero attached hydrogens (tertiary/aromatic N) is 4. The fraction of sp³-hybridized carbons (Fsp3) is 0.400. The van der Waals surface area contributed by atoms with Crippen molar-refractivity contribution in [2.24, 2.45) is 0 Å². The Hall–Kier alpha value is -2.21. The summed E-state index contributed by atoms with van der Waals surface area (Å²) in [5, 5.41) is 4.06. The van der Waals surface area contributed by atoms with E-state index in [4.69, 9.17) is 4.74 Å². The Kier molecular flexibility index (Phi) is 3.47. The van der Waals surface area contributed by atoms with E-state index in [1.807, 2.05) is 43.0 Å². The lowest BCUT2D eigenvalue weighted by molar-refractivity contribution is -0.0764. The van der Waals surface area contributed by atoms with Crippen molar-refractivity contribution in [2.75, 3.05) is 19.7 Å². The Labute approximate surface area is 123 Å². The molecule has 1 saturated heterocycles. The second kappa shape index (κ2) is 5.29. The van der Waals surface area contributed by atoms with E-state index in [2.05, 4.69) is 10.1 Å². The van der Waals surface area contributed by atoms with E-state index in [1.54, 1.807) is 11.0 Å². The Morgan fingerprint density at radius 3 is 2.67 bits per heavy atom. The summed E-state index contributed by atoms with van der Waals surface area (Å²) in [6.45, 7) is 5.82. The number of aromatic nitrogens is 3. The van der Waals surface area contributed by atoms with Gasteiger partial charge in [0.15, 0.2) is 0 Å². The second-order valence-corrected chi connectivity index (χ2v) is 5.72. The van der Waals surface area contributed by atoms with E-state index >= 15 is 0 Å². The van der Waals surface area contributed by atoms with Gasteiger partial charge in [0.2, 0.25) is 0 Å². The first kappa shape index (κ1) is 13.8. The van der Waals surface area contributed by atoms with Crippen LogP contribution in [-0.4, -0.2) is 50.9 Å². The van der Waals surface area contributed by atoms with Gasteiger partial charge in [-0.05, 0) is 38.1 Å². The number of carbonyl (C=O) groups is 1. The number of hydrogen-bond acceptors (Lipinski definition) is 4. The van der Waals surface area contributed by atoms with E-state index in [1.165, 1.54) is 6.33 Å². The number of ether oxygens (including phenoxy) is 1. The SMILES string of the molecule is CC1(C)CN(C(=O)c2ccc(-n3cncn3)cc2)CCO1. The molecule has 0 saturated carbocycles. The lowest BCUT2D eigenvalue weighted by Crippen LogP contribution is -2.50. The van der Waals surface area contributed by atoms with Crippen molar-refractivity contribution >= 4 is 5.91 Å². The minimum absolute atomic E-state index is 0.0384. The van der Waals surface area contributed by atoms with Gasteiger partial charge in [0, 0.05) is 18.7 Å². The lowest BCUT2D eigenvalue weighted by atomic mass is 10.1. The predicted octanol–water partition coefficient (Wildman–Crippen LogP) is 1.52. The van der Waals surface area contributed by atoms with Crippen LogP contribution in [0.2, 0.25) is 0 Å². The van der Waals surface area contributed by atoms with Crippen molar-refractivity contribution in [1.29, 1.82) is 0 Å². The second-order valence-electron chi connectivity index (χ2n) is 5.72. The first-order valence-electron chi connectivity index (χ1n) is 6.93. The topological polar surface area (TPSA) is 60.2 Å². The van der Waals surface area contributed by atoms with Crippen molar-refractivity contribution in [3.8, 4) is 5.69 Å². The predicted molar refractivity (Wildman–Crippen MR) is 77.3 cm³/mol. The van der Waals surface area contributed by atoms with Gasteiger partial charge in [-0.15, -0.1) is 0 Å². The Morgan fingerprint density at radius 2 is 2.05 bits per heavy atom. The highest BCUT2D eigenvalue weighted by Crippen LogP contribution is 2.19. The normalized spacial score (nSPS) is 17.7. The van der Waals surface area contributed by atoms with Crippen LogP contribution in [0.3, 0.4) is 0 Å². The van der Waals surface area contributed by atoms with Crippen LogP contribution in [0.5, 0.6) is 0 Å². The first-order valence-corrected chi connectivity index (χ1v) is 6.93. The summed E-state index contributed by atoms with van der Waals surface area (Å²) < 4.78 is 7.30. The van der Waals surface area contributed by atoms with Gasteiger partial charge in [0.05, 0.1) is 17.9 Å². The number of rotatable bonds is 2. The molecule has 0 spiro atoms. The summed E-state index contributed by atoms with van der Waals surface area (Å²) in [6, 6.07) is 7.38. The average molecular weight is 286 g/mol. The van der Waals surface area contributed by atoms with Gasteiger partial charge in [-0.3, -0.25) is 4.79 Å². The molecule has 3 rings (SSSR count). The lowest BCUT2D eigenvalue weighted by Gasteiger charge is -2.38. The number of morpholine rings is 1. The molecule has 21 heavy (non-hydrogen) atoms. The van der Waals surface area contributed by atoms with Crippen LogP contribution >= 0.6 is 0 Å². The van der Waals surface area contributed by atoms with Gasteiger partial charge in [-0.1, -0.05) is 0 Å². The molecule has 6 heteroatoms. The number of carbonyl (C=O) groups excluding carboxylic acids is 1. The highest BCUT2D eigenvalue weighted by molar-refractivity contribution is 5.94. The molecule has 0 unspecified atom stereocenters. The number of amides is 1. The van der Waals surface area contributed by atoms with Crippen molar-refractivity contribution in [1.82, 2.24) is 19.7 Å². The maximum atomic E-state index is 12.5. The molecule has 0 atom stereocenters. The van der Waals surface area contributed by atoms with Crippen LogP contribution in [0.25, 0.3) is 5.69 Å². The van der Waals surface area contributed by atoms with Gasteiger partial charge in [0.1, 0.15) is 12.7 Å². The minimum Gasteiger partial charge on any atom is -0.372 e. The van der Waals surface area contributed by atoms with Crippen molar-refractivity contribution in [3.05, 3.63) is 42.5 Å². The molecule has 1 aliphatic rings. The molecule has 1 aromatic heterocycles. The average Bonchev–Trinajstić information content (AvgIpc) is 3.00. The standard InChI is InChI=1S/C15H18N4O2/c1-15(2)9-18(7-8-21-15)14(20)12-3-5-13(6-4-12)19-11-16-10-17-19/h3-6,10-11H,7-9H2,1-2H3. The summed E-state index contributed by atoms with van der Waals surface area (Å²) in [7, 11) is 0. The van der Waals surface area contributed by atoms with E-state index < -0.39 is 0 Å². The molecule has 1 fully saturated rings. The fourth-order valence-electron chi connectivity index (χ4n) is 2.47. The maximum Gasteiger partial charge on any atom is 0.254 e. The third-order valence-corrected chi connectivity index (χ3v) is 3.51. The van der Waals surface area contributed by atoms with Gasteiger partial charge in [0.25, 0.3) is 5.91 Å². The third-order valence-electron chi connectivity index (χ3n) is 3.51. The fourth-order valence-corrected chi connectivity index (χ4v) is 2.47. The Bertz CT molecular complexity index is 620. The van der Waals surface area contributed by atoms with Crippen LogP contribution in [-0.2, 0) is 4.74 Å². The van der Waals surface area contributed by atoms with E-state index in [9.17, 15) is 4.79 Å². The van der Waals surface area contributed by atoms with Crippen LogP contribution in [0.4, 0.5) is 0 Å². The molecule has 2 heterocycles. The Morgan fingerprint density at radius 1 is 1.29 bits per heavy atom. The van der Waals surface area contributed by atoms with Crippen molar-refractivity contribution < 1.29 is 9.53 Å². The third kappa shape index (κ3) is 2.95. The highest BCUT2D eigenvalue weighted by atomic mass is 16.5. The van der Waals surface area contributed by atoms with Crippen LogP contribution < -0.4 is 0 Å². The smallest absolute Gasteiger partial charge is 0.254 e. The van der Waals surface area contributed by atoms with Crippen molar-refractivity contribution in [3.63, 3.8) is 0 Å². The molecule has 0 N–H and O–H groups in total. The zero-order valence-corrected chi connectivity index (χ0v) is 12.2. The van der Waals surface area contributed by atoms with Gasteiger partial charge in [-0.25, -0.2) is 9.67 Å². The molecule has 1 aromatic carbocycles. The zero-order chi connectivity index (χ0) is 14.9. The van der Waals surface area contributed by atoms with Crippen LogP contribution in [0.15, 0.2) is 36.9 Å². The van der Waals surface area contributed by atoms with E-state index in [0.717, 1.165) is 5.69 Å². The summed E-state index contributed by atoms with van der Waals surface area (Å²) >= 11 is 0. The largest absolute Gasteiger partial charge is 0.372 e. The molecule has 0 radical (unpaired) electrons. The van der Waals surface area contributed by atoms with Crippen LogP contribution in [0, 0.1) is 0 Å². The molecular formula is C15H18N4O2.